The van der Waals surface area contributed by atoms with Crippen molar-refractivity contribution in [1.29, 1.82) is 10.8 Å². The van der Waals surface area contributed by atoms with Crippen molar-refractivity contribution in [2.75, 3.05) is 0 Å². The average Bonchev–Trinajstić information content (AvgIpc) is 2.83. The summed E-state index contributed by atoms with van der Waals surface area (Å²) in [6, 6.07) is 20.4. The summed E-state index contributed by atoms with van der Waals surface area (Å²) in [5.74, 6) is -0.706. The largest absolute Gasteiger partial charge is 0.384 e. The van der Waals surface area contributed by atoms with E-state index in [9.17, 15) is 13.2 Å². The molecule has 0 bridgehead atoms. The van der Waals surface area contributed by atoms with Crippen LogP contribution in [0, 0.1) is 10.8 Å². The first-order valence-electron chi connectivity index (χ1n) is 10.4. The van der Waals surface area contributed by atoms with Crippen LogP contribution in [0.1, 0.15) is 22.3 Å². The molecule has 1 amide bonds. The van der Waals surface area contributed by atoms with E-state index >= 15 is 0 Å². The molecule has 8 N–H and O–H groups in total. The van der Waals surface area contributed by atoms with Crippen molar-refractivity contribution < 1.29 is 13.2 Å². The third kappa shape index (κ3) is 6.50. The van der Waals surface area contributed by atoms with Crippen LogP contribution in [0.4, 0.5) is 0 Å². The molecule has 10 heteroatoms. The third-order valence-corrected chi connectivity index (χ3v) is 6.59. The van der Waals surface area contributed by atoms with Gasteiger partial charge in [-0.1, -0.05) is 54.6 Å². The van der Waals surface area contributed by atoms with E-state index in [1.54, 1.807) is 24.3 Å². The number of nitrogens with one attached hydrogen (secondary N) is 4. The number of hydrogen-bond acceptors (Lipinski definition) is 5. The zero-order chi connectivity index (χ0) is 24.7. The fraction of sp³-hybridized carbons (Fsp3) is 0.125. The van der Waals surface area contributed by atoms with Gasteiger partial charge in [0.2, 0.25) is 15.9 Å². The second kappa shape index (κ2) is 10.7. The summed E-state index contributed by atoms with van der Waals surface area (Å²) in [7, 11) is -4.02. The van der Waals surface area contributed by atoms with Crippen LogP contribution in [0.2, 0.25) is 0 Å². The molecule has 0 spiro atoms. The fourth-order valence-electron chi connectivity index (χ4n) is 3.22. The first-order chi connectivity index (χ1) is 16.2. The van der Waals surface area contributed by atoms with Crippen LogP contribution < -0.4 is 21.5 Å². The van der Waals surface area contributed by atoms with Crippen molar-refractivity contribution >= 4 is 27.6 Å². The summed E-state index contributed by atoms with van der Waals surface area (Å²) in [6.07, 6.45) is 0.153. The van der Waals surface area contributed by atoms with Gasteiger partial charge >= 0.3 is 0 Å². The van der Waals surface area contributed by atoms with Crippen LogP contribution in [-0.2, 0) is 27.8 Å². The van der Waals surface area contributed by atoms with Gasteiger partial charge in [-0.05, 0) is 41.8 Å². The Labute approximate surface area is 198 Å². The van der Waals surface area contributed by atoms with E-state index in [1.165, 1.54) is 24.3 Å². The molecule has 176 valence electrons. The Morgan fingerprint density at radius 3 is 1.85 bits per heavy atom. The molecule has 0 saturated carbocycles. The maximum absolute atomic E-state index is 13.0. The summed E-state index contributed by atoms with van der Waals surface area (Å²) < 4.78 is 28.5. The van der Waals surface area contributed by atoms with Crippen molar-refractivity contribution in [3.63, 3.8) is 0 Å². The number of carbonyl (C=O) groups excluding carboxylic acids is 1. The van der Waals surface area contributed by atoms with Gasteiger partial charge < -0.3 is 16.8 Å². The van der Waals surface area contributed by atoms with Crippen LogP contribution in [-0.4, -0.2) is 32.0 Å². The molecule has 0 aliphatic heterocycles. The van der Waals surface area contributed by atoms with E-state index in [4.69, 9.17) is 22.3 Å². The number of nitrogen functional groups attached to an aromatic ring is 2. The van der Waals surface area contributed by atoms with Gasteiger partial charge in [-0.3, -0.25) is 15.6 Å². The third-order valence-electron chi connectivity index (χ3n) is 5.10. The molecule has 34 heavy (non-hydrogen) atoms. The second-order valence-electron chi connectivity index (χ2n) is 7.63. The normalized spacial score (nSPS) is 12.0. The number of benzene rings is 3. The molecule has 9 nitrogen and oxygen atoms in total. The van der Waals surface area contributed by atoms with Gasteiger partial charge in [0.1, 0.15) is 17.7 Å². The van der Waals surface area contributed by atoms with Gasteiger partial charge in [-0.2, -0.15) is 4.72 Å². The number of hydrogen-bond donors (Lipinski definition) is 6. The van der Waals surface area contributed by atoms with Gasteiger partial charge in [0, 0.05) is 17.7 Å². The fourth-order valence-corrected chi connectivity index (χ4v) is 4.42. The molecular formula is C24H26N6O3S. The number of amidine groups is 2. The molecule has 3 rings (SSSR count). The lowest BCUT2D eigenvalue weighted by atomic mass is 10.1. The molecule has 3 aromatic carbocycles. The smallest absolute Gasteiger partial charge is 0.241 e. The average molecular weight is 479 g/mol. The van der Waals surface area contributed by atoms with Gasteiger partial charge in [-0.15, -0.1) is 0 Å². The van der Waals surface area contributed by atoms with Crippen LogP contribution in [0.3, 0.4) is 0 Å². The van der Waals surface area contributed by atoms with Crippen LogP contribution in [0.25, 0.3) is 0 Å². The topological polar surface area (TPSA) is 175 Å². The first-order valence-corrected chi connectivity index (χ1v) is 11.9. The molecule has 3 aromatic rings. The first kappa shape index (κ1) is 24.6. The highest BCUT2D eigenvalue weighted by molar-refractivity contribution is 7.89. The molecule has 1 atom stereocenters. The van der Waals surface area contributed by atoms with E-state index in [-0.39, 0.29) is 29.5 Å². The molecule has 0 saturated heterocycles. The maximum atomic E-state index is 13.0. The highest BCUT2D eigenvalue weighted by atomic mass is 32.2. The van der Waals surface area contributed by atoms with Gasteiger partial charge in [-0.25, -0.2) is 8.42 Å². The lowest BCUT2D eigenvalue weighted by molar-refractivity contribution is -0.122. The van der Waals surface area contributed by atoms with E-state index in [0.717, 1.165) is 11.1 Å². The summed E-state index contributed by atoms with van der Waals surface area (Å²) in [6.45, 7) is 0.178. The van der Waals surface area contributed by atoms with E-state index in [1.807, 2.05) is 30.3 Å². The molecular weight excluding hydrogens is 452 g/mol. The zero-order valence-electron chi connectivity index (χ0n) is 18.3. The SMILES string of the molecule is N=C(N)c1ccc(CNC(=O)[C@@H](Cc2ccccc2)NS(=O)(=O)c2ccc(C(=N)N)cc2)cc1. The predicted molar refractivity (Wildman–Crippen MR) is 131 cm³/mol. The Kier molecular flexibility index (Phi) is 7.77. The minimum absolute atomic E-state index is 0.0387. The van der Waals surface area contributed by atoms with E-state index in [0.29, 0.717) is 11.1 Å². The highest BCUT2D eigenvalue weighted by Gasteiger charge is 2.26. The van der Waals surface area contributed by atoms with Crippen molar-refractivity contribution in [3.05, 3.63) is 101 Å². The number of carbonyl (C=O) groups is 1. The van der Waals surface area contributed by atoms with Crippen LogP contribution in [0.5, 0.6) is 0 Å². The number of amides is 1. The van der Waals surface area contributed by atoms with Crippen molar-refractivity contribution in [2.24, 2.45) is 11.5 Å². The quantitative estimate of drug-likeness (QED) is 0.191. The lowest BCUT2D eigenvalue weighted by Gasteiger charge is -2.19. The summed E-state index contributed by atoms with van der Waals surface area (Å²) in [5, 5.41) is 17.7. The standard InChI is InChI=1S/C24H26N6O3S/c25-22(26)18-8-6-17(7-9-18)15-29-24(31)21(14-16-4-2-1-3-5-16)30-34(32,33)20-12-10-19(11-13-20)23(27)28/h1-13,21,30H,14-15H2,(H3,25,26)(H3,27,28)(H,29,31)/t21-/m1/s1. The molecule has 0 heterocycles. The lowest BCUT2D eigenvalue weighted by Crippen LogP contribution is -2.47. The summed E-state index contributed by atoms with van der Waals surface area (Å²) >= 11 is 0. The second-order valence-corrected chi connectivity index (χ2v) is 9.34. The zero-order valence-corrected chi connectivity index (χ0v) is 19.1. The molecule has 0 aromatic heterocycles. The molecule has 0 radical (unpaired) electrons. The number of rotatable bonds is 10. The van der Waals surface area contributed by atoms with Gasteiger partial charge in [0.15, 0.2) is 0 Å². The minimum Gasteiger partial charge on any atom is -0.384 e. The van der Waals surface area contributed by atoms with Crippen molar-refractivity contribution in [3.8, 4) is 0 Å². The molecule has 0 aliphatic carbocycles. The van der Waals surface area contributed by atoms with Gasteiger partial charge in [0.25, 0.3) is 0 Å². The summed E-state index contributed by atoms with van der Waals surface area (Å²) in [5.41, 5.74) is 13.4. The number of sulfonamides is 1. The Morgan fingerprint density at radius 1 is 0.794 bits per heavy atom. The monoisotopic (exact) mass is 478 g/mol. The van der Waals surface area contributed by atoms with Crippen LogP contribution in [0.15, 0.2) is 83.8 Å². The minimum atomic E-state index is -4.02. The molecule has 0 unspecified atom stereocenters. The predicted octanol–water partition coefficient (Wildman–Crippen LogP) is 1.46. The van der Waals surface area contributed by atoms with Crippen LogP contribution >= 0.6 is 0 Å². The Balaban J connectivity index is 1.77. The summed E-state index contributed by atoms with van der Waals surface area (Å²) in [4.78, 5) is 13.0. The van der Waals surface area contributed by atoms with Crippen molar-refractivity contribution in [2.45, 2.75) is 23.9 Å². The highest BCUT2D eigenvalue weighted by Crippen LogP contribution is 2.13. The van der Waals surface area contributed by atoms with E-state index in [2.05, 4.69) is 10.0 Å². The Morgan fingerprint density at radius 2 is 1.32 bits per heavy atom. The Hall–Kier alpha value is -4.02. The van der Waals surface area contributed by atoms with Gasteiger partial charge in [0.05, 0.1) is 4.90 Å². The van der Waals surface area contributed by atoms with Crippen molar-refractivity contribution in [1.82, 2.24) is 10.0 Å². The number of nitrogens with two attached hydrogens (primary N) is 2. The van der Waals surface area contributed by atoms with E-state index < -0.39 is 22.0 Å². The molecule has 0 aliphatic rings. The maximum Gasteiger partial charge on any atom is 0.241 e. The Bertz CT molecular complexity index is 1270. The molecule has 0 fully saturated rings.